The summed E-state index contributed by atoms with van der Waals surface area (Å²) in [5.41, 5.74) is 0.700. The second-order valence-electron chi connectivity index (χ2n) is 5.55. The predicted octanol–water partition coefficient (Wildman–Crippen LogP) is 2.28. The molecule has 0 spiro atoms. The van der Waals surface area contributed by atoms with Crippen molar-refractivity contribution in [3.05, 3.63) is 41.8 Å². The molecule has 1 aromatic carbocycles. The van der Waals surface area contributed by atoms with Gasteiger partial charge >= 0.3 is 0 Å². The van der Waals surface area contributed by atoms with Crippen LogP contribution in [0.25, 0.3) is 0 Å². The molecular formula is C15H22NO. The minimum Gasteiger partial charge on any atom is -0.388 e. The van der Waals surface area contributed by atoms with E-state index in [1.54, 1.807) is 0 Å². The summed E-state index contributed by atoms with van der Waals surface area (Å²) >= 11 is 0. The van der Waals surface area contributed by atoms with Crippen molar-refractivity contribution in [2.45, 2.75) is 32.3 Å². The highest BCUT2D eigenvalue weighted by atomic mass is 16.3. The van der Waals surface area contributed by atoms with Crippen LogP contribution in [-0.4, -0.2) is 35.2 Å². The van der Waals surface area contributed by atoms with Crippen molar-refractivity contribution in [3.63, 3.8) is 0 Å². The summed E-state index contributed by atoms with van der Waals surface area (Å²) in [5.74, 6) is 1.41. The lowest BCUT2D eigenvalue weighted by atomic mass is 9.94. The number of aliphatic hydroxyl groups is 1. The maximum absolute atomic E-state index is 10.6. The SMILES string of the molecule is C[C](C)CN1CCC(O)(Cc2ccccc2)C1. The maximum Gasteiger partial charge on any atom is 0.0826 e. The van der Waals surface area contributed by atoms with Crippen LogP contribution >= 0.6 is 0 Å². The van der Waals surface area contributed by atoms with E-state index in [0.29, 0.717) is 0 Å². The number of nitrogens with zero attached hydrogens (tertiary/aromatic N) is 1. The minimum atomic E-state index is -0.531. The van der Waals surface area contributed by atoms with Crippen molar-refractivity contribution in [3.8, 4) is 0 Å². The third-order valence-corrected chi connectivity index (χ3v) is 3.33. The second kappa shape index (κ2) is 5.19. The first-order chi connectivity index (χ1) is 8.07. The highest BCUT2D eigenvalue weighted by molar-refractivity contribution is 5.18. The van der Waals surface area contributed by atoms with E-state index in [0.717, 1.165) is 32.5 Å². The van der Waals surface area contributed by atoms with E-state index in [4.69, 9.17) is 0 Å². The molecule has 0 amide bonds. The molecule has 1 atom stereocenters. The molecule has 1 heterocycles. The van der Waals surface area contributed by atoms with E-state index in [9.17, 15) is 5.11 Å². The summed E-state index contributed by atoms with van der Waals surface area (Å²) < 4.78 is 0. The molecule has 1 aromatic rings. The molecule has 1 unspecified atom stereocenters. The number of rotatable bonds is 4. The van der Waals surface area contributed by atoms with E-state index in [2.05, 4.69) is 30.9 Å². The molecule has 1 saturated heterocycles. The van der Waals surface area contributed by atoms with E-state index in [1.165, 1.54) is 11.5 Å². The number of likely N-dealkylation sites (tertiary alicyclic amines) is 1. The van der Waals surface area contributed by atoms with Gasteiger partial charge in [0.2, 0.25) is 0 Å². The summed E-state index contributed by atoms with van der Waals surface area (Å²) in [4.78, 5) is 2.35. The van der Waals surface area contributed by atoms with Crippen LogP contribution in [0, 0.1) is 5.92 Å². The fourth-order valence-electron chi connectivity index (χ4n) is 2.64. The average molecular weight is 232 g/mol. The Labute approximate surface area is 104 Å². The largest absolute Gasteiger partial charge is 0.388 e. The van der Waals surface area contributed by atoms with Gasteiger partial charge in [0.25, 0.3) is 0 Å². The van der Waals surface area contributed by atoms with E-state index in [-0.39, 0.29) is 0 Å². The zero-order valence-corrected chi connectivity index (χ0v) is 10.8. The highest BCUT2D eigenvalue weighted by Gasteiger charge is 2.35. The van der Waals surface area contributed by atoms with Crippen LogP contribution in [0.2, 0.25) is 0 Å². The van der Waals surface area contributed by atoms with Gasteiger partial charge in [-0.3, -0.25) is 4.90 Å². The Morgan fingerprint density at radius 3 is 2.65 bits per heavy atom. The van der Waals surface area contributed by atoms with Crippen molar-refractivity contribution in [2.24, 2.45) is 0 Å². The summed E-state index contributed by atoms with van der Waals surface area (Å²) in [6.07, 6.45) is 1.66. The minimum absolute atomic E-state index is 0.531. The molecule has 1 fully saturated rings. The third-order valence-electron chi connectivity index (χ3n) is 3.33. The van der Waals surface area contributed by atoms with Gasteiger partial charge in [-0.1, -0.05) is 44.2 Å². The molecule has 2 rings (SSSR count). The third kappa shape index (κ3) is 3.55. The molecular weight excluding hydrogens is 210 g/mol. The van der Waals surface area contributed by atoms with Crippen molar-refractivity contribution in [2.75, 3.05) is 19.6 Å². The van der Waals surface area contributed by atoms with Gasteiger partial charge in [0.1, 0.15) is 0 Å². The van der Waals surface area contributed by atoms with Crippen molar-refractivity contribution in [1.29, 1.82) is 0 Å². The molecule has 0 saturated carbocycles. The monoisotopic (exact) mass is 232 g/mol. The van der Waals surface area contributed by atoms with Gasteiger partial charge in [-0.2, -0.15) is 0 Å². The lowest BCUT2D eigenvalue weighted by Gasteiger charge is -2.24. The molecule has 93 valence electrons. The van der Waals surface area contributed by atoms with Gasteiger partial charge in [-0.25, -0.2) is 0 Å². The second-order valence-corrected chi connectivity index (χ2v) is 5.55. The molecule has 17 heavy (non-hydrogen) atoms. The van der Waals surface area contributed by atoms with Gasteiger partial charge in [0.05, 0.1) is 5.60 Å². The Bertz CT molecular complexity index is 349. The van der Waals surface area contributed by atoms with Crippen LogP contribution in [0.4, 0.5) is 0 Å². The highest BCUT2D eigenvalue weighted by Crippen LogP contribution is 2.26. The number of hydrogen-bond donors (Lipinski definition) is 1. The Morgan fingerprint density at radius 2 is 2.00 bits per heavy atom. The molecule has 2 heteroatoms. The van der Waals surface area contributed by atoms with Crippen LogP contribution in [0.5, 0.6) is 0 Å². The number of hydrogen-bond acceptors (Lipinski definition) is 2. The number of benzene rings is 1. The standard InChI is InChI=1S/C15H22NO/c1-13(2)11-16-9-8-15(17,12-16)10-14-6-4-3-5-7-14/h3-7,17H,8-12H2,1-2H3. The molecule has 1 N–H and O–H groups in total. The van der Waals surface area contributed by atoms with Crippen molar-refractivity contribution >= 4 is 0 Å². The molecule has 2 nitrogen and oxygen atoms in total. The molecule has 0 aromatic heterocycles. The van der Waals surface area contributed by atoms with E-state index < -0.39 is 5.60 Å². The fraction of sp³-hybridized carbons (Fsp3) is 0.533. The smallest absolute Gasteiger partial charge is 0.0826 e. The van der Waals surface area contributed by atoms with Crippen LogP contribution in [0.15, 0.2) is 30.3 Å². The van der Waals surface area contributed by atoms with Gasteiger partial charge in [0.15, 0.2) is 0 Å². The first kappa shape index (κ1) is 12.6. The Kier molecular flexibility index (Phi) is 3.85. The predicted molar refractivity (Wildman–Crippen MR) is 70.7 cm³/mol. The van der Waals surface area contributed by atoms with E-state index in [1.807, 2.05) is 18.2 Å². The molecule has 1 aliphatic heterocycles. The summed E-state index contributed by atoms with van der Waals surface area (Å²) in [6.45, 7) is 7.11. The first-order valence-electron chi connectivity index (χ1n) is 6.35. The lowest BCUT2D eigenvalue weighted by molar-refractivity contribution is 0.0502. The van der Waals surface area contributed by atoms with Gasteiger partial charge in [-0.15, -0.1) is 0 Å². The summed E-state index contributed by atoms with van der Waals surface area (Å²) in [7, 11) is 0. The first-order valence-corrected chi connectivity index (χ1v) is 6.35. The topological polar surface area (TPSA) is 23.5 Å². The summed E-state index contributed by atoms with van der Waals surface area (Å²) in [6, 6.07) is 10.3. The molecule has 1 aliphatic rings. The molecule has 0 aliphatic carbocycles. The zero-order valence-electron chi connectivity index (χ0n) is 10.8. The Morgan fingerprint density at radius 1 is 1.29 bits per heavy atom. The maximum atomic E-state index is 10.6. The fourth-order valence-corrected chi connectivity index (χ4v) is 2.64. The quantitative estimate of drug-likeness (QED) is 0.861. The average Bonchev–Trinajstić information content (AvgIpc) is 2.60. The number of β-amino-alcohol motifs (C(OH)–C–C–N with tert-alkyl or cyclic N) is 1. The molecule has 0 bridgehead atoms. The van der Waals surface area contributed by atoms with Crippen molar-refractivity contribution in [1.82, 2.24) is 4.90 Å². The van der Waals surface area contributed by atoms with E-state index >= 15 is 0 Å². The van der Waals surface area contributed by atoms with Gasteiger partial charge in [0, 0.05) is 26.1 Å². The normalized spacial score (nSPS) is 25.6. The molecule has 1 radical (unpaired) electrons. The van der Waals surface area contributed by atoms with Crippen LogP contribution in [0.3, 0.4) is 0 Å². The van der Waals surface area contributed by atoms with Gasteiger partial charge < -0.3 is 5.11 Å². The van der Waals surface area contributed by atoms with Crippen LogP contribution in [0.1, 0.15) is 25.8 Å². The summed E-state index contributed by atoms with van der Waals surface area (Å²) in [5, 5.41) is 10.6. The zero-order chi connectivity index (χ0) is 12.3. The Balaban J connectivity index is 1.93. The van der Waals surface area contributed by atoms with Gasteiger partial charge in [-0.05, 0) is 17.9 Å². The van der Waals surface area contributed by atoms with Crippen molar-refractivity contribution < 1.29 is 5.11 Å². The van der Waals surface area contributed by atoms with Crippen LogP contribution in [-0.2, 0) is 6.42 Å². The lowest BCUT2D eigenvalue weighted by Crippen LogP contribution is -2.36. The van der Waals surface area contributed by atoms with Crippen LogP contribution < -0.4 is 0 Å². The Hall–Kier alpha value is -0.860.